The fourth-order valence-electron chi connectivity index (χ4n) is 2.41. The van der Waals surface area contributed by atoms with E-state index in [1.165, 1.54) is 25.3 Å². The number of amides is 2. The average molecular weight is 396 g/mol. The number of benzene rings is 2. The predicted octanol–water partition coefficient (Wildman–Crippen LogP) is 1.54. The van der Waals surface area contributed by atoms with Gasteiger partial charge in [0.05, 0.1) is 7.11 Å². The molecule has 0 radical (unpaired) electrons. The van der Waals surface area contributed by atoms with Crippen molar-refractivity contribution in [2.75, 3.05) is 13.7 Å². The van der Waals surface area contributed by atoms with Crippen molar-refractivity contribution in [3.63, 3.8) is 0 Å². The number of hydrogen-bond donors (Lipinski definition) is 3. The van der Waals surface area contributed by atoms with E-state index in [0.717, 1.165) is 6.08 Å². The number of carbonyl (C=O) groups excluding carboxylic acids is 3. The van der Waals surface area contributed by atoms with E-state index in [-0.39, 0.29) is 6.54 Å². The van der Waals surface area contributed by atoms with Crippen molar-refractivity contribution in [1.29, 1.82) is 0 Å². The zero-order valence-corrected chi connectivity index (χ0v) is 15.6. The third-order valence-electron chi connectivity index (χ3n) is 3.90. The maximum atomic E-state index is 12.6. The molecule has 2 aromatic carbocycles. The summed E-state index contributed by atoms with van der Waals surface area (Å²) >= 11 is 0. The van der Waals surface area contributed by atoms with Crippen molar-refractivity contribution < 1.29 is 29.0 Å². The van der Waals surface area contributed by atoms with E-state index < -0.39 is 29.8 Å². The molecule has 0 fully saturated rings. The second-order valence-electron chi connectivity index (χ2n) is 5.90. The first-order chi connectivity index (χ1) is 13.9. The minimum Gasteiger partial charge on any atom is -0.478 e. The maximum Gasteiger partial charge on any atom is 0.328 e. The molecule has 150 valence electrons. The lowest BCUT2D eigenvalue weighted by Gasteiger charge is -2.18. The monoisotopic (exact) mass is 396 g/mol. The van der Waals surface area contributed by atoms with Crippen LogP contribution >= 0.6 is 0 Å². The van der Waals surface area contributed by atoms with Crippen LogP contribution in [0.3, 0.4) is 0 Å². The van der Waals surface area contributed by atoms with Crippen LogP contribution in [0.15, 0.2) is 60.7 Å². The van der Waals surface area contributed by atoms with Gasteiger partial charge in [0.15, 0.2) is 0 Å². The summed E-state index contributed by atoms with van der Waals surface area (Å²) in [6.07, 6.45) is 2.39. The number of esters is 1. The largest absolute Gasteiger partial charge is 0.478 e. The van der Waals surface area contributed by atoms with Gasteiger partial charge in [-0.2, -0.15) is 0 Å². The van der Waals surface area contributed by atoms with Gasteiger partial charge >= 0.3 is 11.9 Å². The van der Waals surface area contributed by atoms with E-state index in [1.807, 2.05) is 0 Å². The highest BCUT2D eigenvalue weighted by molar-refractivity contribution is 5.98. The van der Waals surface area contributed by atoms with E-state index in [9.17, 15) is 19.2 Å². The Morgan fingerprint density at radius 1 is 1.03 bits per heavy atom. The molecular weight excluding hydrogens is 376 g/mol. The lowest BCUT2D eigenvalue weighted by atomic mass is 10.0. The van der Waals surface area contributed by atoms with Crippen LogP contribution in [0.1, 0.15) is 27.5 Å². The summed E-state index contributed by atoms with van der Waals surface area (Å²) in [4.78, 5) is 47.0. The highest BCUT2D eigenvalue weighted by Gasteiger charge is 2.23. The van der Waals surface area contributed by atoms with Crippen LogP contribution in [0, 0.1) is 0 Å². The van der Waals surface area contributed by atoms with Gasteiger partial charge < -0.3 is 20.5 Å². The van der Waals surface area contributed by atoms with E-state index in [1.54, 1.807) is 42.5 Å². The lowest BCUT2D eigenvalue weighted by Crippen LogP contribution is -2.42. The van der Waals surface area contributed by atoms with E-state index >= 15 is 0 Å². The minimum absolute atomic E-state index is 0.291. The molecule has 1 unspecified atom stereocenters. The molecule has 2 aromatic rings. The molecule has 0 bridgehead atoms. The number of ether oxygens (including phenoxy) is 1. The first kappa shape index (κ1) is 21.4. The number of carboxylic acid groups (broad SMARTS) is 1. The molecule has 0 saturated heterocycles. The van der Waals surface area contributed by atoms with Gasteiger partial charge in [0.2, 0.25) is 5.91 Å². The fourth-order valence-corrected chi connectivity index (χ4v) is 2.41. The summed E-state index contributed by atoms with van der Waals surface area (Å²) in [6.45, 7) is -0.320. The first-order valence-corrected chi connectivity index (χ1v) is 8.62. The fraction of sp³-hybridized carbons (Fsp3) is 0.143. The van der Waals surface area contributed by atoms with Gasteiger partial charge in [-0.25, -0.2) is 4.79 Å². The van der Waals surface area contributed by atoms with Crippen LogP contribution < -0.4 is 10.6 Å². The van der Waals surface area contributed by atoms with Crippen molar-refractivity contribution >= 4 is 29.8 Å². The quantitative estimate of drug-likeness (QED) is 0.460. The van der Waals surface area contributed by atoms with Crippen molar-refractivity contribution in [3.05, 3.63) is 77.4 Å². The number of hydrogen-bond acceptors (Lipinski definition) is 5. The van der Waals surface area contributed by atoms with Gasteiger partial charge in [0.1, 0.15) is 12.6 Å². The average Bonchev–Trinajstić information content (AvgIpc) is 2.74. The maximum absolute atomic E-state index is 12.6. The standard InChI is InChI=1S/C21H20N2O6/c1-29-18(26)13-22-21(28)19(15-5-3-2-4-6-15)23-20(27)16-10-7-14(8-11-16)9-12-17(24)25/h2-12,19H,13H2,1H3,(H,22,28)(H,23,27)(H,24,25)/b12-9+. The molecule has 8 heteroatoms. The third kappa shape index (κ3) is 6.62. The van der Waals surface area contributed by atoms with Gasteiger partial charge in [-0.15, -0.1) is 0 Å². The molecule has 3 N–H and O–H groups in total. The lowest BCUT2D eigenvalue weighted by molar-refractivity contribution is -0.141. The molecule has 0 aromatic heterocycles. The highest BCUT2D eigenvalue weighted by Crippen LogP contribution is 2.15. The summed E-state index contributed by atoms with van der Waals surface area (Å²) in [6, 6.07) is 13.8. The third-order valence-corrected chi connectivity index (χ3v) is 3.90. The van der Waals surface area contributed by atoms with Crippen molar-refractivity contribution in [2.24, 2.45) is 0 Å². The summed E-state index contributed by atoms with van der Waals surface area (Å²) in [5.41, 5.74) is 1.45. The van der Waals surface area contributed by atoms with Crippen LogP contribution in [0.25, 0.3) is 6.08 Å². The van der Waals surface area contributed by atoms with Gasteiger partial charge in [0, 0.05) is 11.6 Å². The zero-order chi connectivity index (χ0) is 21.2. The number of carbonyl (C=O) groups is 4. The van der Waals surface area contributed by atoms with Crippen LogP contribution in [0.2, 0.25) is 0 Å². The van der Waals surface area contributed by atoms with E-state index in [2.05, 4.69) is 15.4 Å². The van der Waals surface area contributed by atoms with Gasteiger partial charge in [-0.3, -0.25) is 14.4 Å². The number of rotatable bonds is 8. The van der Waals surface area contributed by atoms with Crippen molar-refractivity contribution in [3.8, 4) is 0 Å². The Kier molecular flexibility index (Phi) is 7.67. The second kappa shape index (κ2) is 10.4. The molecule has 2 amide bonds. The van der Waals surface area contributed by atoms with Gasteiger partial charge in [0.25, 0.3) is 5.91 Å². The zero-order valence-electron chi connectivity index (χ0n) is 15.6. The SMILES string of the molecule is COC(=O)CNC(=O)C(NC(=O)c1ccc(/C=C/C(=O)O)cc1)c1ccccc1. The van der Waals surface area contributed by atoms with Crippen molar-refractivity contribution in [2.45, 2.75) is 6.04 Å². The Morgan fingerprint density at radius 2 is 1.69 bits per heavy atom. The second-order valence-corrected chi connectivity index (χ2v) is 5.90. The van der Waals surface area contributed by atoms with Crippen LogP contribution in [0.5, 0.6) is 0 Å². The predicted molar refractivity (Wildman–Crippen MR) is 105 cm³/mol. The van der Waals surface area contributed by atoms with Gasteiger partial charge in [-0.1, -0.05) is 42.5 Å². The summed E-state index contributed by atoms with van der Waals surface area (Å²) < 4.78 is 4.50. The summed E-state index contributed by atoms with van der Waals surface area (Å²) in [5.74, 6) is -2.74. The molecule has 0 heterocycles. The highest BCUT2D eigenvalue weighted by atomic mass is 16.5. The van der Waals surface area contributed by atoms with Crippen LogP contribution in [0.4, 0.5) is 0 Å². The molecule has 2 rings (SSSR count). The van der Waals surface area contributed by atoms with E-state index in [4.69, 9.17) is 5.11 Å². The number of nitrogens with one attached hydrogen (secondary N) is 2. The number of carboxylic acids is 1. The Bertz CT molecular complexity index is 907. The summed E-state index contributed by atoms with van der Waals surface area (Å²) in [5, 5.41) is 13.7. The molecule has 1 atom stereocenters. The topological polar surface area (TPSA) is 122 Å². The van der Waals surface area contributed by atoms with E-state index in [0.29, 0.717) is 16.7 Å². The Balaban J connectivity index is 2.15. The first-order valence-electron chi connectivity index (χ1n) is 8.62. The van der Waals surface area contributed by atoms with Crippen LogP contribution in [-0.2, 0) is 19.1 Å². The number of aliphatic carboxylic acids is 1. The Labute approximate surface area is 167 Å². The number of methoxy groups -OCH3 is 1. The molecule has 0 spiro atoms. The van der Waals surface area contributed by atoms with Gasteiger partial charge in [-0.05, 0) is 29.3 Å². The molecule has 0 aliphatic heterocycles. The Morgan fingerprint density at radius 3 is 2.28 bits per heavy atom. The molecule has 0 aliphatic carbocycles. The van der Waals surface area contributed by atoms with Crippen molar-refractivity contribution in [1.82, 2.24) is 10.6 Å². The Hall–Kier alpha value is -3.94. The normalized spacial score (nSPS) is 11.5. The molecule has 8 nitrogen and oxygen atoms in total. The molecule has 0 saturated carbocycles. The molecular formula is C21H20N2O6. The minimum atomic E-state index is -1.07. The smallest absolute Gasteiger partial charge is 0.328 e. The van der Waals surface area contributed by atoms with Crippen LogP contribution in [-0.4, -0.2) is 42.5 Å². The summed E-state index contributed by atoms with van der Waals surface area (Å²) in [7, 11) is 1.21. The molecule has 29 heavy (non-hydrogen) atoms. The molecule has 0 aliphatic rings.